The van der Waals surface area contributed by atoms with Gasteiger partial charge in [-0.05, 0) is 44.0 Å². The number of benzene rings is 1. The summed E-state index contributed by atoms with van der Waals surface area (Å²) < 4.78 is 12.9. The molecule has 1 aliphatic rings. The molecule has 0 aliphatic carbocycles. The molecule has 0 radical (unpaired) electrons. The fraction of sp³-hybridized carbons (Fsp3) is 0.353. The third kappa shape index (κ3) is 3.79. The molecule has 6 nitrogen and oxygen atoms in total. The molecule has 24 heavy (non-hydrogen) atoms. The fourth-order valence-corrected chi connectivity index (χ4v) is 2.95. The van der Waals surface area contributed by atoms with Gasteiger partial charge in [0, 0.05) is 30.8 Å². The molecule has 126 valence electrons. The van der Waals surface area contributed by atoms with E-state index in [-0.39, 0.29) is 23.3 Å². The highest BCUT2D eigenvalue weighted by molar-refractivity contribution is 5.89. The zero-order valence-electron chi connectivity index (χ0n) is 13.4. The van der Waals surface area contributed by atoms with E-state index in [1.165, 1.54) is 30.3 Å². The Kier molecular flexibility index (Phi) is 4.59. The second kappa shape index (κ2) is 6.82. The second-order valence-electron chi connectivity index (χ2n) is 5.98. The number of piperidine rings is 1. The van der Waals surface area contributed by atoms with Gasteiger partial charge >= 0.3 is 6.03 Å². The standard InChI is InChI=1S/C17H19FN4O2/c1-11-19-15(9-16(23)20-11)12-3-2-8-22(10-12)17(24)21-14-6-4-13(18)5-7-14/h4-7,9,12H,2-3,8,10H2,1H3,(H,21,24)(H,19,20,23)/t12-/m1/s1. The van der Waals surface area contributed by atoms with Crippen LogP contribution in [0.4, 0.5) is 14.9 Å². The van der Waals surface area contributed by atoms with E-state index >= 15 is 0 Å². The summed E-state index contributed by atoms with van der Waals surface area (Å²) in [5, 5.41) is 2.77. The average molecular weight is 330 g/mol. The molecular weight excluding hydrogens is 311 g/mol. The Morgan fingerprint density at radius 2 is 2.12 bits per heavy atom. The number of halogens is 1. The first kappa shape index (κ1) is 16.2. The molecule has 2 N–H and O–H groups in total. The summed E-state index contributed by atoms with van der Waals surface area (Å²) in [6.07, 6.45) is 1.73. The molecule has 3 rings (SSSR count). The summed E-state index contributed by atoms with van der Waals surface area (Å²) in [7, 11) is 0. The first-order valence-electron chi connectivity index (χ1n) is 7.90. The van der Waals surface area contributed by atoms with Crippen molar-refractivity contribution < 1.29 is 9.18 Å². The number of anilines is 1. The van der Waals surface area contributed by atoms with Crippen molar-refractivity contribution in [2.45, 2.75) is 25.7 Å². The number of aromatic nitrogens is 2. The minimum absolute atomic E-state index is 0.0405. The Balaban J connectivity index is 1.69. The average Bonchev–Trinajstić information content (AvgIpc) is 2.56. The molecule has 1 atom stereocenters. The molecule has 1 fully saturated rings. The summed E-state index contributed by atoms with van der Waals surface area (Å²) in [5.41, 5.74) is 1.09. The van der Waals surface area contributed by atoms with Crippen molar-refractivity contribution >= 4 is 11.7 Å². The zero-order valence-corrected chi connectivity index (χ0v) is 13.4. The van der Waals surface area contributed by atoms with Crippen LogP contribution < -0.4 is 10.9 Å². The van der Waals surface area contributed by atoms with Crippen LogP contribution in [0.3, 0.4) is 0 Å². The summed E-state index contributed by atoms with van der Waals surface area (Å²) in [5.74, 6) is 0.269. The summed E-state index contributed by atoms with van der Waals surface area (Å²) >= 11 is 0. The number of hydrogen-bond acceptors (Lipinski definition) is 3. The van der Waals surface area contributed by atoms with Crippen molar-refractivity contribution in [2.24, 2.45) is 0 Å². The third-order valence-corrected chi connectivity index (χ3v) is 4.10. The highest BCUT2D eigenvalue weighted by atomic mass is 19.1. The lowest BCUT2D eigenvalue weighted by Crippen LogP contribution is -2.42. The molecule has 2 aromatic rings. The molecule has 0 unspecified atom stereocenters. The van der Waals surface area contributed by atoms with Gasteiger partial charge in [0.15, 0.2) is 0 Å². The molecule has 0 saturated carbocycles. The van der Waals surface area contributed by atoms with Gasteiger partial charge in [-0.3, -0.25) is 4.79 Å². The number of carbonyl (C=O) groups is 1. The Hall–Kier alpha value is -2.70. The Labute approximate surface area is 138 Å². The number of aromatic amines is 1. The predicted molar refractivity (Wildman–Crippen MR) is 88.6 cm³/mol. The minimum atomic E-state index is -0.346. The number of nitrogens with one attached hydrogen (secondary N) is 2. The van der Waals surface area contributed by atoms with Crippen molar-refractivity contribution in [3.8, 4) is 0 Å². The normalized spacial score (nSPS) is 17.6. The van der Waals surface area contributed by atoms with Gasteiger partial charge in [-0.25, -0.2) is 14.2 Å². The van der Waals surface area contributed by atoms with E-state index in [0.29, 0.717) is 24.6 Å². The number of carbonyl (C=O) groups excluding carboxylic acids is 1. The van der Waals surface area contributed by atoms with Crippen LogP contribution in [0.25, 0.3) is 0 Å². The van der Waals surface area contributed by atoms with Gasteiger partial charge in [-0.15, -0.1) is 0 Å². The van der Waals surface area contributed by atoms with Crippen LogP contribution in [-0.4, -0.2) is 34.0 Å². The first-order valence-corrected chi connectivity index (χ1v) is 7.90. The lowest BCUT2D eigenvalue weighted by atomic mass is 9.94. The zero-order chi connectivity index (χ0) is 17.1. The number of nitrogens with zero attached hydrogens (tertiary/aromatic N) is 2. The van der Waals surface area contributed by atoms with E-state index in [9.17, 15) is 14.0 Å². The molecular formula is C17H19FN4O2. The smallest absolute Gasteiger partial charge is 0.321 e. The minimum Gasteiger partial charge on any atom is -0.324 e. The van der Waals surface area contributed by atoms with E-state index in [1.807, 2.05) is 0 Å². The van der Waals surface area contributed by atoms with E-state index in [4.69, 9.17) is 0 Å². The Bertz CT molecular complexity index is 788. The Morgan fingerprint density at radius 3 is 2.83 bits per heavy atom. The largest absolute Gasteiger partial charge is 0.324 e. The van der Waals surface area contributed by atoms with Gasteiger partial charge in [0.25, 0.3) is 5.56 Å². The quantitative estimate of drug-likeness (QED) is 0.888. The van der Waals surface area contributed by atoms with E-state index in [2.05, 4.69) is 15.3 Å². The van der Waals surface area contributed by atoms with Crippen molar-refractivity contribution in [1.29, 1.82) is 0 Å². The summed E-state index contributed by atoms with van der Waals surface area (Å²) in [4.78, 5) is 32.7. The topological polar surface area (TPSA) is 78.1 Å². The van der Waals surface area contributed by atoms with Crippen LogP contribution in [0.2, 0.25) is 0 Å². The van der Waals surface area contributed by atoms with Crippen molar-refractivity contribution in [1.82, 2.24) is 14.9 Å². The number of hydrogen-bond donors (Lipinski definition) is 2. The summed E-state index contributed by atoms with van der Waals surface area (Å²) in [6, 6.07) is 6.92. The first-order chi connectivity index (χ1) is 11.5. The van der Waals surface area contributed by atoms with Gasteiger partial charge in [0.1, 0.15) is 11.6 Å². The van der Waals surface area contributed by atoms with E-state index in [1.54, 1.807) is 11.8 Å². The van der Waals surface area contributed by atoms with Crippen LogP contribution in [0, 0.1) is 12.7 Å². The molecule has 7 heteroatoms. The molecule has 1 aromatic heterocycles. The number of aryl methyl sites for hydroxylation is 1. The van der Waals surface area contributed by atoms with Gasteiger partial charge in [-0.1, -0.05) is 0 Å². The highest BCUT2D eigenvalue weighted by Crippen LogP contribution is 2.25. The van der Waals surface area contributed by atoms with Gasteiger partial charge in [-0.2, -0.15) is 0 Å². The number of rotatable bonds is 2. The maximum Gasteiger partial charge on any atom is 0.321 e. The van der Waals surface area contributed by atoms with E-state index < -0.39 is 0 Å². The molecule has 1 saturated heterocycles. The van der Waals surface area contributed by atoms with Gasteiger partial charge < -0.3 is 15.2 Å². The van der Waals surface area contributed by atoms with Crippen LogP contribution >= 0.6 is 0 Å². The van der Waals surface area contributed by atoms with Gasteiger partial charge in [0.05, 0.1) is 5.69 Å². The number of urea groups is 1. The molecule has 1 aliphatic heterocycles. The van der Waals surface area contributed by atoms with E-state index in [0.717, 1.165) is 18.5 Å². The van der Waals surface area contributed by atoms with Crippen LogP contribution in [0.1, 0.15) is 30.3 Å². The molecule has 2 amide bonds. The monoisotopic (exact) mass is 330 g/mol. The van der Waals surface area contributed by atoms with Crippen LogP contribution in [0.15, 0.2) is 35.1 Å². The number of H-pyrrole nitrogens is 1. The van der Waals surface area contributed by atoms with Gasteiger partial charge in [0.2, 0.25) is 0 Å². The number of amides is 2. The molecule has 0 bridgehead atoms. The lowest BCUT2D eigenvalue weighted by Gasteiger charge is -2.32. The third-order valence-electron chi connectivity index (χ3n) is 4.10. The Morgan fingerprint density at radius 1 is 1.38 bits per heavy atom. The molecule has 0 spiro atoms. The fourth-order valence-electron chi connectivity index (χ4n) is 2.95. The van der Waals surface area contributed by atoms with Crippen LogP contribution in [-0.2, 0) is 0 Å². The van der Waals surface area contributed by atoms with Crippen molar-refractivity contribution in [3.05, 3.63) is 58.0 Å². The molecule has 2 heterocycles. The predicted octanol–water partition coefficient (Wildman–Crippen LogP) is 2.63. The highest BCUT2D eigenvalue weighted by Gasteiger charge is 2.26. The van der Waals surface area contributed by atoms with Crippen molar-refractivity contribution in [2.75, 3.05) is 18.4 Å². The second-order valence-corrected chi connectivity index (χ2v) is 5.98. The number of likely N-dealkylation sites (tertiary alicyclic amines) is 1. The maximum atomic E-state index is 12.9. The maximum absolute atomic E-state index is 12.9. The molecule has 1 aromatic carbocycles. The summed E-state index contributed by atoms with van der Waals surface area (Å²) in [6.45, 7) is 2.89. The van der Waals surface area contributed by atoms with Crippen LogP contribution in [0.5, 0.6) is 0 Å². The SMILES string of the molecule is Cc1nc([C@@H]2CCCN(C(=O)Nc3ccc(F)cc3)C2)cc(=O)[nH]1. The van der Waals surface area contributed by atoms with Crippen molar-refractivity contribution in [3.63, 3.8) is 0 Å². The lowest BCUT2D eigenvalue weighted by molar-refractivity contribution is 0.192.